The molecule has 0 aliphatic rings. The molecule has 0 amide bonds. The van der Waals surface area contributed by atoms with E-state index in [1.54, 1.807) is 6.92 Å². The maximum atomic E-state index is 10.5. The molecule has 0 aliphatic heterocycles. The quantitative estimate of drug-likeness (QED) is 0.499. The molecule has 4 heteroatoms. The Balaban J connectivity index is 4.54. The second-order valence-electron chi connectivity index (χ2n) is 2.14. The van der Waals surface area contributed by atoms with Crippen LogP contribution in [0.25, 0.3) is 0 Å². The van der Waals surface area contributed by atoms with Crippen LogP contribution >= 0.6 is 12.2 Å². The molecule has 1 N–H and O–H groups in total. The molecule has 0 saturated heterocycles. The van der Waals surface area contributed by atoms with Crippen LogP contribution in [0.4, 0.5) is 0 Å². The van der Waals surface area contributed by atoms with Crippen molar-refractivity contribution in [1.29, 1.82) is 0 Å². The van der Waals surface area contributed by atoms with Crippen LogP contribution in [0.15, 0.2) is 4.99 Å². The number of thiocarbonyl (C=S) groups is 1. The number of carbonyl (C=O) groups is 1. The minimum atomic E-state index is -1.08. The first-order valence-corrected chi connectivity index (χ1v) is 3.30. The van der Waals surface area contributed by atoms with Gasteiger partial charge in [-0.2, -0.15) is 0 Å². The number of hydrogen-bond donors (Lipinski definition) is 1. The summed E-state index contributed by atoms with van der Waals surface area (Å²) in [5.74, 6) is -0.965. The maximum Gasteiger partial charge on any atom is 0.332 e. The van der Waals surface area contributed by atoms with Crippen LogP contribution < -0.4 is 0 Å². The lowest BCUT2D eigenvalue weighted by Gasteiger charge is -2.14. The number of aliphatic carboxylic acids is 1. The number of isothiocyanates is 1. The van der Waals surface area contributed by atoms with Crippen molar-refractivity contribution in [3.05, 3.63) is 0 Å². The highest BCUT2D eigenvalue weighted by Crippen LogP contribution is 2.13. The molecular formula is C6H9NO2S. The van der Waals surface area contributed by atoms with E-state index in [0.29, 0.717) is 6.42 Å². The molecule has 3 nitrogen and oxygen atoms in total. The van der Waals surface area contributed by atoms with Gasteiger partial charge < -0.3 is 5.11 Å². The van der Waals surface area contributed by atoms with E-state index in [9.17, 15) is 4.79 Å². The standard InChI is InChI=1S/C6H9NO2S/c1-3-6(2,5(8)9)7-4-10/h3H2,1-2H3,(H,8,9). The van der Waals surface area contributed by atoms with E-state index in [4.69, 9.17) is 5.11 Å². The summed E-state index contributed by atoms with van der Waals surface area (Å²) in [6.07, 6.45) is 0.423. The highest BCUT2D eigenvalue weighted by atomic mass is 32.1. The van der Waals surface area contributed by atoms with E-state index in [0.717, 1.165) is 0 Å². The fourth-order valence-electron chi connectivity index (χ4n) is 0.379. The van der Waals surface area contributed by atoms with Crippen molar-refractivity contribution in [2.45, 2.75) is 25.8 Å². The first-order valence-electron chi connectivity index (χ1n) is 2.89. The number of rotatable bonds is 3. The summed E-state index contributed by atoms with van der Waals surface area (Å²) >= 11 is 4.31. The Hall–Kier alpha value is -0.730. The molecule has 1 unspecified atom stereocenters. The maximum absolute atomic E-state index is 10.5. The summed E-state index contributed by atoms with van der Waals surface area (Å²) in [4.78, 5) is 14.0. The Bertz CT molecular complexity index is 182. The number of carboxylic acids is 1. The van der Waals surface area contributed by atoms with Gasteiger partial charge in [-0.3, -0.25) is 0 Å². The monoisotopic (exact) mass is 159 g/mol. The van der Waals surface area contributed by atoms with Crippen molar-refractivity contribution in [1.82, 2.24) is 0 Å². The van der Waals surface area contributed by atoms with E-state index >= 15 is 0 Å². The highest BCUT2D eigenvalue weighted by Gasteiger charge is 2.29. The average molecular weight is 159 g/mol. The predicted molar refractivity (Wildman–Crippen MR) is 41.4 cm³/mol. The molecule has 0 aromatic carbocycles. The van der Waals surface area contributed by atoms with Crippen molar-refractivity contribution in [3.8, 4) is 0 Å². The highest BCUT2D eigenvalue weighted by molar-refractivity contribution is 7.78. The van der Waals surface area contributed by atoms with Gasteiger partial charge in [0, 0.05) is 0 Å². The fourth-order valence-corrected chi connectivity index (χ4v) is 0.580. The Morgan fingerprint density at radius 1 is 1.90 bits per heavy atom. The lowest BCUT2D eigenvalue weighted by Crippen LogP contribution is -2.31. The first kappa shape index (κ1) is 9.27. The van der Waals surface area contributed by atoms with Gasteiger partial charge in [0.05, 0.1) is 5.16 Å². The molecule has 10 heavy (non-hydrogen) atoms. The zero-order chi connectivity index (χ0) is 8.20. The smallest absolute Gasteiger partial charge is 0.332 e. The molecular weight excluding hydrogens is 150 g/mol. The minimum absolute atomic E-state index is 0.423. The molecule has 0 aromatic heterocycles. The molecule has 0 aromatic rings. The Labute approximate surface area is 64.8 Å². The van der Waals surface area contributed by atoms with Crippen molar-refractivity contribution in [2.75, 3.05) is 0 Å². The van der Waals surface area contributed by atoms with Gasteiger partial charge in [-0.05, 0) is 25.6 Å². The van der Waals surface area contributed by atoms with Crippen LogP contribution in [0.1, 0.15) is 20.3 Å². The SMILES string of the molecule is CCC(C)(N=C=S)C(=O)O. The number of aliphatic imine (C=N–C) groups is 1. The van der Waals surface area contributed by atoms with Crippen molar-refractivity contribution in [3.63, 3.8) is 0 Å². The molecule has 56 valence electrons. The molecule has 0 heterocycles. The third-order valence-electron chi connectivity index (χ3n) is 1.44. The molecule has 0 aliphatic carbocycles. The molecule has 1 atom stereocenters. The summed E-state index contributed by atoms with van der Waals surface area (Å²) in [7, 11) is 0. The molecule has 0 bridgehead atoms. The lowest BCUT2D eigenvalue weighted by molar-refractivity contribution is -0.142. The third-order valence-corrected chi connectivity index (χ3v) is 1.53. The molecule has 0 rings (SSSR count). The summed E-state index contributed by atoms with van der Waals surface area (Å²) in [5, 5.41) is 10.7. The van der Waals surface area contributed by atoms with Crippen LogP contribution in [0.5, 0.6) is 0 Å². The summed E-state index contributed by atoms with van der Waals surface area (Å²) in [5.41, 5.74) is -1.08. The van der Waals surface area contributed by atoms with Gasteiger partial charge >= 0.3 is 5.97 Å². The van der Waals surface area contributed by atoms with Gasteiger partial charge in [0.15, 0.2) is 5.54 Å². The normalized spacial score (nSPS) is 15.0. The van der Waals surface area contributed by atoms with Crippen LogP contribution in [0.2, 0.25) is 0 Å². The van der Waals surface area contributed by atoms with Gasteiger partial charge in [0.1, 0.15) is 0 Å². The topological polar surface area (TPSA) is 49.7 Å². The largest absolute Gasteiger partial charge is 0.479 e. The van der Waals surface area contributed by atoms with Crippen molar-refractivity contribution >= 4 is 23.3 Å². The van der Waals surface area contributed by atoms with Crippen LogP contribution in [0.3, 0.4) is 0 Å². The van der Waals surface area contributed by atoms with Crippen molar-refractivity contribution in [2.24, 2.45) is 4.99 Å². The van der Waals surface area contributed by atoms with Crippen LogP contribution in [-0.2, 0) is 4.79 Å². The van der Waals surface area contributed by atoms with E-state index < -0.39 is 11.5 Å². The molecule has 0 saturated carbocycles. The van der Waals surface area contributed by atoms with Gasteiger partial charge in [0.25, 0.3) is 0 Å². The average Bonchev–Trinajstić information content (AvgIpc) is 1.88. The second kappa shape index (κ2) is 3.44. The van der Waals surface area contributed by atoms with E-state index in [2.05, 4.69) is 22.4 Å². The van der Waals surface area contributed by atoms with Crippen molar-refractivity contribution < 1.29 is 9.90 Å². The van der Waals surface area contributed by atoms with Gasteiger partial charge in [0.2, 0.25) is 0 Å². The third kappa shape index (κ3) is 1.90. The van der Waals surface area contributed by atoms with Crippen LogP contribution in [-0.4, -0.2) is 21.8 Å². The Morgan fingerprint density at radius 3 is 2.50 bits per heavy atom. The molecule has 0 fully saturated rings. The number of nitrogens with zero attached hydrogens (tertiary/aromatic N) is 1. The fraction of sp³-hybridized carbons (Fsp3) is 0.667. The summed E-state index contributed by atoms with van der Waals surface area (Å²) in [6, 6.07) is 0. The van der Waals surface area contributed by atoms with Crippen LogP contribution in [0, 0.1) is 0 Å². The van der Waals surface area contributed by atoms with Gasteiger partial charge in [-0.15, -0.1) is 0 Å². The summed E-state index contributed by atoms with van der Waals surface area (Å²) in [6.45, 7) is 3.25. The first-order chi connectivity index (χ1) is 4.56. The zero-order valence-corrected chi connectivity index (χ0v) is 6.73. The van der Waals surface area contributed by atoms with Gasteiger partial charge in [-0.1, -0.05) is 6.92 Å². The van der Waals surface area contributed by atoms with E-state index in [1.165, 1.54) is 6.92 Å². The van der Waals surface area contributed by atoms with E-state index in [-0.39, 0.29) is 0 Å². The molecule has 0 spiro atoms. The second-order valence-corrected chi connectivity index (χ2v) is 2.32. The van der Waals surface area contributed by atoms with E-state index in [1.807, 2.05) is 0 Å². The number of hydrogen-bond acceptors (Lipinski definition) is 3. The lowest BCUT2D eigenvalue weighted by atomic mass is 10.0. The Kier molecular flexibility index (Phi) is 3.19. The van der Waals surface area contributed by atoms with Gasteiger partial charge in [-0.25, -0.2) is 9.79 Å². The molecule has 0 radical (unpaired) electrons. The zero-order valence-electron chi connectivity index (χ0n) is 5.92. The Morgan fingerprint density at radius 2 is 2.40 bits per heavy atom. The number of carboxylic acid groups (broad SMARTS) is 1. The minimum Gasteiger partial charge on any atom is -0.479 e. The predicted octanol–water partition coefficient (Wildman–Crippen LogP) is 1.34. The summed E-state index contributed by atoms with van der Waals surface area (Å²) < 4.78 is 0.